The van der Waals surface area contributed by atoms with Crippen LogP contribution in [0.25, 0.3) is 0 Å². The van der Waals surface area contributed by atoms with Crippen LogP contribution in [0.2, 0.25) is 5.02 Å². The Bertz CT molecular complexity index is 569. The van der Waals surface area contributed by atoms with Gasteiger partial charge in [-0.05, 0) is 37.5 Å². The molecule has 0 aromatic heterocycles. The second-order valence-corrected chi connectivity index (χ2v) is 7.05. The van der Waals surface area contributed by atoms with E-state index in [-0.39, 0.29) is 17.9 Å². The van der Waals surface area contributed by atoms with E-state index in [1.165, 1.54) is 14.2 Å². The van der Waals surface area contributed by atoms with Crippen molar-refractivity contribution in [3.63, 3.8) is 0 Å². The zero-order valence-electron chi connectivity index (χ0n) is 15.1. The Morgan fingerprint density at radius 3 is 2.04 bits per heavy atom. The van der Waals surface area contributed by atoms with E-state index in [2.05, 4.69) is 5.32 Å². The van der Waals surface area contributed by atoms with Gasteiger partial charge in [-0.1, -0.05) is 37.6 Å². The normalized spacial score (nSPS) is 14.2. The van der Waals surface area contributed by atoms with Crippen LogP contribution in [-0.4, -0.2) is 32.2 Å². The average molecular weight is 356 g/mol. The van der Waals surface area contributed by atoms with Crippen molar-refractivity contribution in [2.75, 3.05) is 14.2 Å². The quantitative estimate of drug-likeness (QED) is 0.760. The highest BCUT2D eigenvalue weighted by molar-refractivity contribution is 6.30. The van der Waals surface area contributed by atoms with E-state index < -0.39 is 17.5 Å². The molecule has 2 atom stereocenters. The third-order valence-electron chi connectivity index (χ3n) is 4.10. The summed E-state index contributed by atoms with van der Waals surface area (Å²) in [6.45, 7) is 7.39. The van der Waals surface area contributed by atoms with Crippen LogP contribution in [0.4, 0.5) is 0 Å². The zero-order chi connectivity index (χ0) is 18.5. The van der Waals surface area contributed by atoms with E-state index >= 15 is 0 Å². The number of carbonyl (C=O) groups is 2. The van der Waals surface area contributed by atoms with E-state index in [4.69, 9.17) is 21.1 Å². The van der Waals surface area contributed by atoms with E-state index in [1.807, 2.05) is 26.0 Å². The van der Waals surface area contributed by atoms with Gasteiger partial charge in [0.05, 0.1) is 19.6 Å². The molecule has 0 aliphatic heterocycles. The number of carbonyl (C=O) groups excluding carboxylic acids is 2. The first kappa shape index (κ1) is 20.5. The molecule has 0 aliphatic rings. The molecule has 1 rings (SSSR count). The van der Waals surface area contributed by atoms with Crippen molar-refractivity contribution in [3.8, 4) is 0 Å². The van der Waals surface area contributed by atoms with Crippen molar-refractivity contribution in [3.05, 3.63) is 34.9 Å². The topological polar surface area (TPSA) is 64.6 Å². The molecular weight excluding hydrogens is 330 g/mol. The zero-order valence-corrected chi connectivity index (χ0v) is 15.8. The lowest BCUT2D eigenvalue weighted by Gasteiger charge is -2.36. The van der Waals surface area contributed by atoms with Crippen molar-refractivity contribution in [2.45, 2.75) is 39.8 Å². The number of rotatable bonds is 7. The van der Waals surface area contributed by atoms with Gasteiger partial charge in [0.1, 0.15) is 6.04 Å². The van der Waals surface area contributed by atoms with Gasteiger partial charge >= 0.3 is 11.9 Å². The van der Waals surface area contributed by atoms with Gasteiger partial charge in [-0.15, -0.1) is 0 Å². The predicted molar refractivity (Wildman–Crippen MR) is 93.8 cm³/mol. The number of halogens is 1. The monoisotopic (exact) mass is 355 g/mol. The number of nitrogens with one attached hydrogen (secondary N) is 1. The summed E-state index contributed by atoms with van der Waals surface area (Å²) in [6.07, 6.45) is 0. The number of hydrogen-bond acceptors (Lipinski definition) is 5. The van der Waals surface area contributed by atoms with Crippen LogP contribution in [-0.2, 0) is 19.1 Å². The molecule has 0 aliphatic carbocycles. The molecule has 6 heteroatoms. The van der Waals surface area contributed by atoms with Crippen LogP contribution in [0.15, 0.2) is 24.3 Å². The summed E-state index contributed by atoms with van der Waals surface area (Å²) >= 11 is 5.96. The molecule has 1 aromatic carbocycles. The maximum Gasteiger partial charge on any atom is 0.323 e. The summed E-state index contributed by atoms with van der Waals surface area (Å²) in [5, 5.41) is 3.88. The number of ether oxygens (including phenoxy) is 2. The van der Waals surface area contributed by atoms with E-state index in [0.717, 1.165) is 5.56 Å². The Labute approximate surface area is 148 Å². The van der Waals surface area contributed by atoms with Crippen LogP contribution >= 0.6 is 11.6 Å². The Hall–Kier alpha value is -1.59. The van der Waals surface area contributed by atoms with Crippen molar-refractivity contribution in [2.24, 2.45) is 11.3 Å². The van der Waals surface area contributed by atoms with Gasteiger partial charge in [0, 0.05) is 11.1 Å². The molecule has 0 fully saturated rings. The summed E-state index contributed by atoms with van der Waals surface area (Å²) in [4.78, 5) is 24.4. The Balaban J connectivity index is 3.29. The standard InChI is InChI=1S/C18H26ClNO4/c1-11(2)14(16(21)23-5)20-15(18(3,4)17(22)24-6)12-7-9-13(19)10-8-12/h7-11,14-15,20H,1-6H3/t14-,15-/m0/s1. The fraction of sp³-hybridized carbons (Fsp3) is 0.556. The Morgan fingerprint density at radius 2 is 1.62 bits per heavy atom. The molecule has 0 saturated heterocycles. The van der Waals surface area contributed by atoms with Gasteiger partial charge in [0.25, 0.3) is 0 Å². The minimum absolute atomic E-state index is 0.0132. The summed E-state index contributed by atoms with van der Waals surface area (Å²) in [5.41, 5.74) is -0.0617. The number of esters is 2. The largest absolute Gasteiger partial charge is 0.469 e. The molecule has 0 radical (unpaired) electrons. The molecule has 0 spiro atoms. The molecule has 0 heterocycles. The molecule has 0 unspecified atom stereocenters. The molecule has 0 saturated carbocycles. The number of benzene rings is 1. The van der Waals surface area contributed by atoms with Gasteiger partial charge < -0.3 is 9.47 Å². The van der Waals surface area contributed by atoms with Gasteiger partial charge in [-0.2, -0.15) is 0 Å². The van der Waals surface area contributed by atoms with Crippen LogP contribution in [0.1, 0.15) is 39.3 Å². The molecule has 1 aromatic rings. The third-order valence-corrected chi connectivity index (χ3v) is 4.36. The van der Waals surface area contributed by atoms with Crippen molar-refractivity contribution >= 4 is 23.5 Å². The van der Waals surface area contributed by atoms with E-state index in [0.29, 0.717) is 5.02 Å². The van der Waals surface area contributed by atoms with Gasteiger partial charge in [-0.3, -0.25) is 14.9 Å². The lowest BCUT2D eigenvalue weighted by atomic mass is 9.79. The van der Waals surface area contributed by atoms with Gasteiger partial charge in [0.15, 0.2) is 0 Å². The van der Waals surface area contributed by atoms with Crippen LogP contribution in [0, 0.1) is 11.3 Å². The molecule has 0 bridgehead atoms. The molecule has 5 nitrogen and oxygen atoms in total. The first-order valence-electron chi connectivity index (χ1n) is 7.82. The van der Waals surface area contributed by atoms with E-state index in [9.17, 15) is 9.59 Å². The summed E-state index contributed by atoms with van der Waals surface area (Å²) in [7, 11) is 2.70. The highest BCUT2D eigenvalue weighted by Gasteiger charge is 2.41. The second-order valence-electron chi connectivity index (χ2n) is 6.61. The second kappa shape index (κ2) is 8.49. The minimum Gasteiger partial charge on any atom is -0.469 e. The fourth-order valence-corrected chi connectivity index (χ4v) is 2.72. The molecule has 1 N–H and O–H groups in total. The van der Waals surface area contributed by atoms with Crippen LogP contribution < -0.4 is 5.32 Å². The molecular formula is C18H26ClNO4. The highest BCUT2D eigenvalue weighted by atomic mass is 35.5. The average Bonchev–Trinajstić information content (AvgIpc) is 2.54. The molecule has 0 amide bonds. The van der Waals surface area contributed by atoms with Crippen LogP contribution in [0.5, 0.6) is 0 Å². The predicted octanol–water partition coefficient (Wildman–Crippen LogP) is 3.37. The maximum atomic E-state index is 12.3. The summed E-state index contributed by atoms with van der Waals surface area (Å²) < 4.78 is 9.84. The fourth-order valence-electron chi connectivity index (χ4n) is 2.60. The first-order valence-corrected chi connectivity index (χ1v) is 8.20. The molecule has 24 heavy (non-hydrogen) atoms. The lowest BCUT2D eigenvalue weighted by Crippen LogP contribution is -2.49. The van der Waals surface area contributed by atoms with Gasteiger partial charge in [-0.25, -0.2) is 0 Å². The SMILES string of the molecule is COC(=O)[C@@H](N[C@@H](c1ccc(Cl)cc1)C(C)(C)C(=O)OC)C(C)C. The Morgan fingerprint density at radius 1 is 1.08 bits per heavy atom. The van der Waals surface area contributed by atoms with Gasteiger partial charge in [0.2, 0.25) is 0 Å². The molecule has 134 valence electrons. The van der Waals surface area contributed by atoms with Crippen molar-refractivity contribution in [1.82, 2.24) is 5.32 Å². The van der Waals surface area contributed by atoms with Crippen LogP contribution in [0.3, 0.4) is 0 Å². The number of methoxy groups -OCH3 is 2. The van der Waals surface area contributed by atoms with Crippen molar-refractivity contribution < 1.29 is 19.1 Å². The smallest absolute Gasteiger partial charge is 0.323 e. The summed E-state index contributed by atoms with van der Waals surface area (Å²) in [5.74, 6) is -0.757. The minimum atomic E-state index is -0.899. The Kier molecular flexibility index (Phi) is 7.24. The first-order chi connectivity index (χ1) is 11.1. The summed E-state index contributed by atoms with van der Waals surface area (Å²) in [6, 6.07) is 6.16. The van der Waals surface area contributed by atoms with E-state index in [1.54, 1.807) is 26.0 Å². The maximum absolute atomic E-state index is 12.3. The van der Waals surface area contributed by atoms with Crippen molar-refractivity contribution in [1.29, 1.82) is 0 Å². The highest BCUT2D eigenvalue weighted by Crippen LogP contribution is 2.36. The third kappa shape index (κ3) is 4.71. The lowest BCUT2D eigenvalue weighted by molar-refractivity contribution is -0.154. The number of hydrogen-bond donors (Lipinski definition) is 1.